The number of allylic oxidation sites excluding steroid dienone is 1. The predicted octanol–water partition coefficient (Wildman–Crippen LogP) is 4.26. The first-order chi connectivity index (χ1) is 17.1. The molecule has 0 aliphatic carbocycles. The summed E-state index contributed by atoms with van der Waals surface area (Å²) in [5.41, 5.74) is 6.26. The first-order valence-corrected chi connectivity index (χ1v) is 13.3. The molecule has 2 aliphatic rings. The molecule has 36 heavy (non-hydrogen) atoms. The van der Waals surface area contributed by atoms with Crippen LogP contribution < -0.4 is 15.3 Å². The van der Waals surface area contributed by atoms with Crippen LogP contribution in [0.3, 0.4) is 0 Å². The van der Waals surface area contributed by atoms with Crippen LogP contribution in [-0.2, 0) is 23.6 Å². The van der Waals surface area contributed by atoms with Crippen molar-refractivity contribution in [1.82, 2.24) is 9.99 Å². The molecule has 9 nitrogen and oxygen atoms in total. The number of para-hydroxylation sites is 1. The Morgan fingerprint density at radius 1 is 1.31 bits per heavy atom. The van der Waals surface area contributed by atoms with Crippen LogP contribution in [-0.4, -0.2) is 55.8 Å². The van der Waals surface area contributed by atoms with Gasteiger partial charge < -0.3 is 33.9 Å². The average molecular weight is 522 g/mol. The number of aldehydes is 1. The fraction of sp³-hybridized carbons (Fsp3) is 0.538. The maximum absolute atomic E-state index is 11.4. The summed E-state index contributed by atoms with van der Waals surface area (Å²) >= 11 is 0. The van der Waals surface area contributed by atoms with E-state index in [0.29, 0.717) is 29.8 Å². The van der Waals surface area contributed by atoms with E-state index in [2.05, 4.69) is 25.9 Å². The van der Waals surface area contributed by atoms with Gasteiger partial charge in [-0.3, -0.25) is 4.79 Å². The van der Waals surface area contributed by atoms with Crippen molar-refractivity contribution in [2.45, 2.75) is 65.3 Å². The molecule has 3 rings (SSSR count). The molecule has 2 aliphatic heterocycles. The Morgan fingerprint density at radius 3 is 2.61 bits per heavy atom. The minimum Gasteiger partial charge on any atom is -0.436 e. The Hall–Kier alpha value is -2.29. The molecule has 0 bridgehead atoms. The molecule has 1 amide bonds. The van der Waals surface area contributed by atoms with Gasteiger partial charge in [-0.25, -0.2) is 5.09 Å². The quantitative estimate of drug-likeness (QED) is 0.328. The summed E-state index contributed by atoms with van der Waals surface area (Å²) in [6, 6.07) is 8.92. The van der Waals surface area contributed by atoms with Crippen LogP contribution in [0.1, 0.15) is 47.0 Å². The summed E-state index contributed by atoms with van der Waals surface area (Å²) < 4.78 is 22.8. The van der Waals surface area contributed by atoms with E-state index in [1.807, 2.05) is 47.5 Å². The highest BCUT2D eigenvalue weighted by atomic mass is 31.2. The number of nitrogens with one attached hydrogen (secondary N) is 1. The van der Waals surface area contributed by atoms with Crippen LogP contribution in [0, 0.1) is 5.41 Å². The number of hydrogen-bond donors (Lipinski definition) is 2. The second kappa shape index (κ2) is 15.1. The molecule has 3 N–H and O–H groups in total. The third-order valence-electron chi connectivity index (χ3n) is 5.05. The highest BCUT2D eigenvalue weighted by Gasteiger charge is 2.30. The maximum atomic E-state index is 11.4. The predicted molar refractivity (Wildman–Crippen MR) is 141 cm³/mol. The number of carbonyl (C=O) groups is 2. The second-order valence-corrected chi connectivity index (χ2v) is 11.1. The highest BCUT2D eigenvalue weighted by molar-refractivity contribution is 7.45. The Bertz CT molecular complexity index is 874. The molecule has 1 saturated heterocycles. The normalized spacial score (nSPS) is 21.1. The standard InChI is InChI=1S/C20H26N3O5P.C6H14O/c1-15(13-24)22-29(28-17-7-3-2-4-8-17)26-14-18-9-10-19(27-18)23-11-5-6-16(12-23)20(21)25;1-6(2,3)5-7-4/h2-5,7-8,11-13,15,18-19,22H,6,9-10,14H2,1H3,(H2,21,25);5H2,1-4H3. The third kappa shape index (κ3) is 11.2. The smallest absolute Gasteiger partial charge is 0.318 e. The average Bonchev–Trinajstić information content (AvgIpc) is 3.32. The number of carbonyl (C=O) groups excluding carboxylic acids is 2. The molecule has 200 valence electrons. The summed E-state index contributed by atoms with van der Waals surface area (Å²) in [5, 5.41) is 3.05. The maximum Gasteiger partial charge on any atom is 0.318 e. The van der Waals surface area contributed by atoms with Gasteiger partial charge in [0, 0.05) is 25.1 Å². The third-order valence-corrected chi connectivity index (χ3v) is 6.43. The molecule has 0 aromatic heterocycles. The second-order valence-electron chi connectivity index (χ2n) is 9.85. The Labute approximate surface area is 216 Å². The molecule has 10 heteroatoms. The van der Waals surface area contributed by atoms with E-state index >= 15 is 0 Å². The van der Waals surface area contributed by atoms with Gasteiger partial charge in [0.05, 0.1) is 25.4 Å². The van der Waals surface area contributed by atoms with Crippen LogP contribution in [0.15, 0.2) is 54.4 Å². The number of amides is 1. The van der Waals surface area contributed by atoms with Crippen molar-refractivity contribution in [3.8, 4) is 5.75 Å². The van der Waals surface area contributed by atoms with Crippen molar-refractivity contribution in [1.29, 1.82) is 0 Å². The molecule has 4 atom stereocenters. The van der Waals surface area contributed by atoms with Gasteiger partial charge in [-0.2, -0.15) is 0 Å². The molecule has 0 saturated carbocycles. The van der Waals surface area contributed by atoms with Gasteiger partial charge in [-0.15, -0.1) is 0 Å². The Morgan fingerprint density at radius 2 is 2.03 bits per heavy atom. The lowest BCUT2D eigenvalue weighted by Crippen LogP contribution is -2.31. The van der Waals surface area contributed by atoms with Crippen molar-refractivity contribution >= 4 is 20.7 Å². The van der Waals surface area contributed by atoms with E-state index in [-0.39, 0.29) is 12.3 Å². The molecular weight excluding hydrogens is 481 g/mol. The Balaban J connectivity index is 0.000000572. The van der Waals surface area contributed by atoms with E-state index in [4.69, 9.17) is 24.3 Å². The van der Waals surface area contributed by atoms with E-state index in [0.717, 1.165) is 25.7 Å². The van der Waals surface area contributed by atoms with Gasteiger partial charge in [0.2, 0.25) is 5.91 Å². The van der Waals surface area contributed by atoms with Crippen LogP contribution in [0.2, 0.25) is 0 Å². The van der Waals surface area contributed by atoms with Gasteiger partial charge in [0.15, 0.2) is 0 Å². The SMILES string of the molecule is CC(C=O)NP(OCC1CCC(N2C=CCC(C(N)=O)=C2)O1)Oc1ccccc1.COCC(C)(C)C. The monoisotopic (exact) mass is 521 g/mol. The number of benzene rings is 1. The van der Waals surface area contributed by atoms with Gasteiger partial charge >= 0.3 is 8.53 Å². The van der Waals surface area contributed by atoms with E-state index < -0.39 is 20.5 Å². The fourth-order valence-electron chi connectivity index (χ4n) is 3.40. The summed E-state index contributed by atoms with van der Waals surface area (Å²) in [6.07, 6.45) is 8.21. The summed E-state index contributed by atoms with van der Waals surface area (Å²) in [6.45, 7) is 9.36. The molecule has 1 aromatic carbocycles. The number of rotatable bonds is 11. The Kier molecular flexibility index (Phi) is 12.5. The minimum atomic E-state index is -1.50. The van der Waals surface area contributed by atoms with Crippen molar-refractivity contribution in [2.75, 3.05) is 20.3 Å². The molecular formula is C26H40N3O6P. The summed E-state index contributed by atoms with van der Waals surface area (Å²) in [5.74, 6) is 0.244. The number of hydrogen-bond acceptors (Lipinski definition) is 8. The van der Waals surface area contributed by atoms with Crippen LogP contribution in [0.4, 0.5) is 0 Å². The van der Waals surface area contributed by atoms with Gasteiger partial charge in [-0.1, -0.05) is 45.0 Å². The topological polar surface area (TPSA) is 112 Å². The van der Waals surface area contributed by atoms with Crippen molar-refractivity contribution < 1.29 is 28.1 Å². The lowest BCUT2D eigenvalue weighted by Gasteiger charge is -2.27. The van der Waals surface area contributed by atoms with Crippen LogP contribution in [0.25, 0.3) is 0 Å². The van der Waals surface area contributed by atoms with Gasteiger partial charge in [0.25, 0.3) is 0 Å². The van der Waals surface area contributed by atoms with Gasteiger partial charge in [0.1, 0.15) is 18.3 Å². The number of methoxy groups -OCH3 is 1. The highest BCUT2D eigenvalue weighted by Crippen LogP contribution is 2.37. The lowest BCUT2D eigenvalue weighted by atomic mass is 9.99. The zero-order valence-electron chi connectivity index (χ0n) is 21.9. The molecule has 4 unspecified atom stereocenters. The van der Waals surface area contributed by atoms with E-state index in [1.165, 1.54) is 0 Å². The number of primary amides is 1. The zero-order chi connectivity index (χ0) is 26.6. The first kappa shape index (κ1) is 29.9. The number of ether oxygens (including phenoxy) is 2. The van der Waals surface area contributed by atoms with E-state index in [9.17, 15) is 9.59 Å². The fourth-order valence-corrected chi connectivity index (χ4v) is 4.58. The largest absolute Gasteiger partial charge is 0.436 e. The van der Waals surface area contributed by atoms with Crippen molar-refractivity contribution in [3.05, 3.63) is 54.4 Å². The van der Waals surface area contributed by atoms with Crippen molar-refractivity contribution in [2.24, 2.45) is 11.1 Å². The van der Waals surface area contributed by atoms with E-state index in [1.54, 1.807) is 20.2 Å². The summed E-state index contributed by atoms with van der Waals surface area (Å²) in [4.78, 5) is 24.3. The minimum absolute atomic E-state index is 0.113. The molecule has 2 heterocycles. The van der Waals surface area contributed by atoms with Crippen LogP contribution in [0.5, 0.6) is 5.75 Å². The summed E-state index contributed by atoms with van der Waals surface area (Å²) in [7, 11) is 0.223. The molecule has 0 spiro atoms. The van der Waals surface area contributed by atoms with Crippen molar-refractivity contribution in [3.63, 3.8) is 0 Å². The lowest BCUT2D eigenvalue weighted by molar-refractivity contribution is -0.114. The first-order valence-electron chi connectivity index (χ1n) is 12.1. The van der Waals surface area contributed by atoms with Gasteiger partial charge in [-0.05, 0) is 43.7 Å². The number of nitrogens with zero attached hydrogens (tertiary/aromatic N) is 1. The molecule has 0 radical (unpaired) electrons. The molecule has 1 aromatic rings. The zero-order valence-corrected chi connectivity index (χ0v) is 22.8. The number of nitrogens with two attached hydrogens (primary N) is 1. The molecule has 1 fully saturated rings. The van der Waals surface area contributed by atoms with Crippen LogP contribution >= 0.6 is 8.53 Å².